The molecule has 1 amide bonds. The Morgan fingerprint density at radius 1 is 1.31 bits per heavy atom. The van der Waals surface area contributed by atoms with Crippen LogP contribution in [0.25, 0.3) is 0 Å². The summed E-state index contributed by atoms with van der Waals surface area (Å²) in [4.78, 5) is 29.8. The molecule has 3 rings (SSSR count). The molecule has 6 heteroatoms. The number of aliphatic carboxylic acids is 1. The fourth-order valence-electron chi connectivity index (χ4n) is 2.69. The predicted molar refractivity (Wildman–Crippen MR) is 95.9 cm³/mol. The van der Waals surface area contributed by atoms with E-state index in [0.717, 1.165) is 18.4 Å². The highest BCUT2D eigenvalue weighted by molar-refractivity contribution is 5.95. The molecule has 0 bridgehead atoms. The molecule has 6 nitrogen and oxygen atoms in total. The van der Waals surface area contributed by atoms with Crippen LogP contribution >= 0.6 is 0 Å². The Balaban J connectivity index is 1.69. The number of aromatic nitrogens is 1. The highest BCUT2D eigenvalue weighted by Crippen LogP contribution is 2.29. The van der Waals surface area contributed by atoms with Crippen LogP contribution in [0.5, 0.6) is 5.75 Å². The average Bonchev–Trinajstić information content (AvgIpc) is 3.49. The normalized spacial score (nSPS) is 14.5. The van der Waals surface area contributed by atoms with Crippen molar-refractivity contribution in [1.82, 2.24) is 9.88 Å². The van der Waals surface area contributed by atoms with E-state index in [0.29, 0.717) is 17.9 Å². The van der Waals surface area contributed by atoms with Crippen molar-refractivity contribution in [2.24, 2.45) is 5.92 Å². The summed E-state index contributed by atoms with van der Waals surface area (Å²) in [5.74, 6) is -1.03. The van der Waals surface area contributed by atoms with Crippen LogP contribution in [-0.4, -0.2) is 39.5 Å². The molecule has 1 heterocycles. The largest absolute Gasteiger partial charge is 0.489 e. The summed E-state index contributed by atoms with van der Waals surface area (Å²) in [6.07, 6.45) is 5.29. The molecule has 1 N–H and O–H groups in total. The minimum Gasteiger partial charge on any atom is -0.489 e. The highest BCUT2D eigenvalue weighted by atomic mass is 16.5. The van der Waals surface area contributed by atoms with E-state index in [2.05, 4.69) is 4.98 Å². The maximum Gasteiger partial charge on any atom is 0.308 e. The third-order valence-electron chi connectivity index (χ3n) is 4.35. The van der Waals surface area contributed by atoms with Crippen LogP contribution < -0.4 is 4.74 Å². The van der Waals surface area contributed by atoms with Crippen LogP contribution in [0, 0.1) is 5.92 Å². The van der Waals surface area contributed by atoms with Gasteiger partial charge in [0.15, 0.2) is 0 Å². The molecule has 0 aliphatic heterocycles. The van der Waals surface area contributed by atoms with E-state index in [1.165, 1.54) is 0 Å². The van der Waals surface area contributed by atoms with Crippen LogP contribution in [0.3, 0.4) is 0 Å². The first-order valence-electron chi connectivity index (χ1n) is 8.70. The first-order valence-corrected chi connectivity index (χ1v) is 8.70. The lowest BCUT2D eigenvalue weighted by Gasteiger charge is -2.24. The zero-order valence-corrected chi connectivity index (χ0v) is 14.7. The van der Waals surface area contributed by atoms with Crippen LogP contribution in [0.1, 0.15) is 35.7 Å². The monoisotopic (exact) mass is 354 g/mol. The van der Waals surface area contributed by atoms with Crippen LogP contribution in [0.15, 0.2) is 48.8 Å². The van der Waals surface area contributed by atoms with Gasteiger partial charge in [0.2, 0.25) is 0 Å². The number of amides is 1. The van der Waals surface area contributed by atoms with E-state index in [1.807, 2.05) is 12.1 Å². The second-order valence-electron chi connectivity index (χ2n) is 6.61. The second-order valence-corrected chi connectivity index (χ2v) is 6.61. The first-order chi connectivity index (χ1) is 12.5. The van der Waals surface area contributed by atoms with Crippen molar-refractivity contribution in [1.29, 1.82) is 0 Å². The molecule has 1 aromatic carbocycles. The minimum atomic E-state index is -0.892. The Labute approximate surface area is 152 Å². The van der Waals surface area contributed by atoms with Crippen molar-refractivity contribution < 1.29 is 19.4 Å². The SMILES string of the molecule is CC(CN(C(=O)c1cccc(OCc2cccnc2)c1)C1CC1)C(=O)O. The van der Waals surface area contributed by atoms with E-state index in [1.54, 1.807) is 48.5 Å². The Kier molecular flexibility index (Phi) is 5.51. The fraction of sp³-hybridized carbons (Fsp3) is 0.350. The molecular weight excluding hydrogens is 332 g/mol. The molecule has 1 fully saturated rings. The Morgan fingerprint density at radius 2 is 2.12 bits per heavy atom. The summed E-state index contributed by atoms with van der Waals surface area (Å²) in [6, 6.07) is 10.9. The third kappa shape index (κ3) is 4.59. The van der Waals surface area contributed by atoms with Gasteiger partial charge in [-0.25, -0.2) is 0 Å². The molecule has 26 heavy (non-hydrogen) atoms. The van der Waals surface area contributed by atoms with Crippen LogP contribution in [0.2, 0.25) is 0 Å². The molecule has 0 saturated heterocycles. The number of nitrogens with zero attached hydrogens (tertiary/aromatic N) is 2. The van der Waals surface area contributed by atoms with Gasteiger partial charge in [0.05, 0.1) is 5.92 Å². The van der Waals surface area contributed by atoms with E-state index in [-0.39, 0.29) is 18.5 Å². The van der Waals surface area contributed by atoms with Crippen molar-refractivity contribution in [2.75, 3.05) is 6.54 Å². The van der Waals surface area contributed by atoms with Gasteiger partial charge in [0.1, 0.15) is 12.4 Å². The zero-order valence-electron chi connectivity index (χ0n) is 14.7. The summed E-state index contributed by atoms with van der Waals surface area (Å²) >= 11 is 0. The number of rotatable bonds is 8. The van der Waals surface area contributed by atoms with Crippen LogP contribution in [0.4, 0.5) is 0 Å². The number of benzene rings is 1. The van der Waals surface area contributed by atoms with Gasteiger partial charge < -0.3 is 14.7 Å². The number of carboxylic acid groups (broad SMARTS) is 1. The molecule has 0 spiro atoms. The highest BCUT2D eigenvalue weighted by Gasteiger charge is 2.35. The first kappa shape index (κ1) is 17.9. The number of carboxylic acids is 1. The lowest BCUT2D eigenvalue weighted by Crippen LogP contribution is -2.38. The predicted octanol–water partition coefficient (Wildman–Crippen LogP) is 2.99. The maximum atomic E-state index is 12.9. The number of hydrogen-bond donors (Lipinski definition) is 1. The Morgan fingerprint density at radius 3 is 2.77 bits per heavy atom. The van der Waals surface area contributed by atoms with E-state index >= 15 is 0 Å². The zero-order chi connectivity index (χ0) is 18.5. The van der Waals surface area contributed by atoms with Gasteiger partial charge in [0.25, 0.3) is 5.91 Å². The van der Waals surface area contributed by atoms with Gasteiger partial charge in [-0.15, -0.1) is 0 Å². The number of hydrogen-bond acceptors (Lipinski definition) is 4. The number of carbonyl (C=O) groups is 2. The van der Waals surface area contributed by atoms with Gasteiger partial charge in [-0.1, -0.05) is 19.1 Å². The van der Waals surface area contributed by atoms with Crippen molar-refractivity contribution in [3.63, 3.8) is 0 Å². The molecule has 136 valence electrons. The summed E-state index contributed by atoms with van der Waals surface area (Å²) < 4.78 is 5.75. The summed E-state index contributed by atoms with van der Waals surface area (Å²) in [5, 5.41) is 9.14. The lowest BCUT2D eigenvalue weighted by atomic mass is 10.1. The third-order valence-corrected chi connectivity index (χ3v) is 4.35. The Bertz CT molecular complexity index is 774. The second kappa shape index (κ2) is 7.99. The number of ether oxygens (including phenoxy) is 1. The molecule has 2 aromatic rings. The summed E-state index contributed by atoms with van der Waals surface area (Å²) in [7, 11) is 0. The smallest absolute Gasteiger partial charge is 0.308 e. The summed E-state index contributed by atoms with van der Waals surface area (Å²) in [5.41, 5.74) is 1.46. The van der Waals surface area contributed by atoms with Gasteiger partial charge in [-0.2, -0.15) is 0 Å². The van der Waals surface area contributed by atoms with E-state index < -0.39 is 11.9 Å². The molecule has 1 aromatic heterocycles. The molecule has 1 unspecified atom stereocenters. The number of carbonyl (C=O) groups excluding carboxylic acids is 1. The van der Waals surface area contributed by atoms with Gasteiger partial charge >= 0.3 is 5.97 Å². The molecule has 0 radical (unpaired) electrons. The molecule has 1 aliphatic rings. The topological polar surface area (TPSA) is 79.7 Å². The fourth-order valence-corrected chi connectivity index (χ4v) is 2.69. The quantitative estimate of drug-likeness (QED) is 0.788. The standard InChI is InChI=1S/C20H22N2O4/c1-14(20(24)25)12-22(17-7-8-17)19(23)16-5-2-6-18(10-16)26-13-15-4-3-9-21-11-15/h2-6,9-11,14,17H,7-8,12-13H2,1H3,(H,24,25). The van der Waals surface area contributed by atoms with Crippen LogP contribution in [-0.2, 0) is 11.4 Å². The van der Waals surface area contributed by atoms with Crippen molar-refractivity contribution in [3.05, 3.63) is 59.9 Å². The molecule has 1 atom stereocenters. The summed E-state index contributed by atoms with van der Waals surface area (Å²) in [6.45, 7) is 2.21. The van der Waals surface area contributed by atoms with Crippen molar-refractivity contribution in [2.45, 2.75) is 32.4 Å². The van der Waals surface area contributed by atoms with Gasteiger partial charge in [-0.05, 0) is 37.1 Å². The van der Waals surface area contributed by atoms with Gasteiger partial charge in [0, 0.05) is 36.1 Å². The van der Waals surface area contributed by atoms with E-state index in [9.17, 15) is 9.59 Å². The van der Waals surface area contributed by atoms with E-state index in [4.69, 9.17) is 9.84 Å². The van der Waals surface area contributed by atoms with Crippen molar-refractivity contribution >= 4 is 11.9 Å². The average molecular weight is 354 g/mol. The molecule has 1 saturated carbocycles. The minimum absolute atomic E-state index is 0.143. The van der Waals surface area contributed by atoms with Gasteiger partial charge in [-0.3, -0.25) is 14.6 Å². The van der Waals surface area contributed by atoms with Crippen molar-refractivity contribution in [3.8, 4) is 5.75 Å². The Hall–Kier alpha value is -2.89. The molecule has 1 aliphatic carbocycles. The maximum absolute atomic E-state index is 12.9. The number of pyridine rings is 1. The molecular formula is C20H22N2O4. The lowest BCUT2D eigenvalue weighted by molar-refractivity contribution is -0.141.